The van der Waals surface area contributed by atoms with E-state index in [0.29, 0.717) is 6.04 Å². The summed E-state index contributed by atoms with van der Waals surface area (Å²) in [5.74, 6) is 1.62. The van der Waals surface area contributed by atoms with Crippen LogP contribution in [0.1, 0.15) is 29.7 Å². The van der Waals surface area contributed by atoms with Gasteiger partial charge in [-0.25, -0.2) is 0 Å². The standard InChI is InChI=1S/C20H26N2O2/c1-14-18-13-20(24-3)19(23-2)12-16(18)8-10-22(14)9-7-15-5-4-6-17(21)11-15/h4-6,11-14H,7-10,21H2,1-3H3. The van der Waals surface area contributed by atoms with Crippen molar-refractivity contribution >= 4 is 5.69 Å². The van der Waals surface area contributed by atoms with Gasteiger partial charge in [0.1, 0.15) is 0 Å². The molecule has 0 aliphatic carbocycles. The van der Waals surface area contributed by atoms with E-state index in [1.54, 1.807) is 14.2 Å². The van der Waals surface area contributed by atoms with Gasteiger partial charge >= 0.3 is 0 Å². The first-order chi connectivity index (χ1) is 11.6. The maximum atomic E-state index is 5.88. The largest absolute Gasteiger partial charge is 0.493 e. The van der Waals surface area contributed by atoms with Crippen molar-refractivity contribution in [2.75, 3.05) is 33.0 Å². The van der Waals surface area contributed by atoms with Gasteiger partial charge < -0.3 is 15.2 Å². The number of methoxy groups -OCH3 is 2. The average molecular weight is 326 g/mol. The third-order valence-electron chi connectivity index (χ3n) is 4.95. The molecule has 2 N–H and O–H groups in total. The molecule has 128 valence electrons. The Balaban J connectivity index is 1.75. The highest BCUT2D eigenvalue weighted by Crippen LogP contribution is 2.37. The fraction of sp³-hybridized carbons (Fsp3) is 0.400. The summed E-state index contributed by atoms with van der Waals surface area (Å²) in [6.07, 6.45) is 2.05. The van der Waals surface area contributed by atoms with Crippen molar-refractivity contribution in [3.8, 4) is 11.5 Å². The van der Waals surface area contributed by atoms with Gasteiger partial charge in [0.2, 0.25) is 0 Å². The number of fused-ring (bicyclic) bond motifs is 1. The molecular formula is C20H26N2O2. The Morgan fingerprint density at radius 3 is 2.58 bits per heavy atom. The summed E-state index contributed by atoms with van der Waals surface area (Å²) < 4.78 is 10.9. The maximum Gasteiger partial charge on any atom is 0.161 e. The van der Waals surface area contributed by atoms with E-state index in [0.717, 1.165) is 43.1 Å². The summed E-state index contributed by atoms with van der Waals surface area (Å²) in [6.45, 7) is 4.35. The molecule has 4 heteroatoms. The molecule has 0 fully saturated rings. The zero-order valence-electron chi connectivity index (χ0n) is 14.7. The van der Waals surface area contributed by atoms with Crippen LogP contribution in [-0.2, 0) is 12.8 Å². The highest BCUT2D eigenvalue weighted by Gasteiger charge is 2.25. The Bertz CT molecular complexity index is 715. The quantitative estimate of drug-likeness (QED) is 0.855. The highest BCUT2D eigenvalue weighted by atomic mass is 16.5. The molecule has 0 saturated heterocycles. The van der Waals surface area contributed by atoms with E-state index in [1.807, 2.05) is 12.1 Å². The molecule has 3 rings (SSSR count). The average Bonchev–Trinajstić information content (AvgIpc) is 2.60. The molecule has 2 aromatic carbocycles. The number of ether oxygens (including phenoxy) is 2. The fourth-order valence-corrected chi connectivity index (χ4v) is 3.52. The molecule has 0 saturated carbocycles. The van der Waals surface area contributed by atoms with Crippen LogP contribution in [0, 0.1) is 0 Å². The van der Waals surface area contributed by atoms with Gasteiger partial charge in [-0.2, -0.15) is 0 Å². The van der Waals surface area contributed by atoms with Crippen LogP contribution < -0.4 is 15.2 Å². The lowest BCUT2D eigenvalue weighted by atomic mass is 9.92. The van der Waals surface area contributed by atoms with Gasteiger partial charge in [-0.1, -0.05) is 12.1 Å². The number of nitrogens with zero attached hydrogens (tertiary/aromatic N) is 1. The number of hydrogen-bond acceptors (Lipinski definition) is 4. The van der Waals surface area contributed by atoms with Crippen molar-refractivity contribution in [2.45, 2.75) is 25.8 Å². The number of hydrogen-bond donors (Lipinski definition) is 1. The topological polar surface area (TPSA) is 47.7 Å². The predicted octanol–water partition coefficient (Wildman–Crippen LogP) is 3.45. The first-order valence-electron chi connectivity index (χ1n) is 8.45. The normalized spacial score (nSPS) is 17.4. The van der Waals surface area contributed by atoms with Crippen LogP contribution in [0.25, 0.3) is 0 Å². The minimum absolute atomic E-state index is 0.370. The first kappa shape index (κ1) is 16.7. The van der Waals surface area contributed by atoms with Crippen molar-refractivity contribution in [2.24, 2.45) is 0 Å². The molecule has 0 bridgehead atoms. The van der Waals surface area contributed by atoms with Crippen LogP contribution in [0.4, 0.5) is 5.69 Å². The van der Waals surface area contributed by atoms with Crippen LogP contribution in [0.15, 0.2) is 36.4 Å². The van der Waals surface area contributed by atoms with Gasteiger partial charge in [0.25, 0.3) is 0 Å². The lowest BCUT2D eigenvalue weighted by Gasteiger charge is -2.35. The second-order valence-corrected chi connectivity index (χ2v) is 6.36. The van der Waals surface area contributed by atoms with Gasteiger partial charge in [0.15, 0.2) is 11.5 Å². The Morgan fingerprint density at radius 1 is 1.12 bits per heavy atom. The zero-order chi connectivity index (χ0) is 17.1. The minimum atomic E-state index is 0.370. The SMILES string of the molecule is COc1cc2c(cc1OC)C(C)N(CCc1cccc(N)c1)CC2. The summed E-state index contributed by atoms with van der Waals surface area (Å²) in [5.41, 5.74) is 10.7. The molecule has 2 aromatic rings. The van der Waals surface area contributed by atoms with Crippen LogP contribution in [0.2, 0.25) is 0 Å². The van der Waals surface area contributed by atoms with Crippen molar-refractivity contribution in [1.82, 2.24) is 4.90 Å². The fourth-order valence-electron chi connectivity index (χ4n) is 3.52. The van der Waals surface area contributed by atoms with E-state index < -0.39 is 0 Å². The Labute approximate surface area is 144 Å². The van der Waals surface area contributed by atoms with Crippen molar-refractivity contribution in [3.63, 3.8) is 0 Å². The van der Waals surface area contributed by atoms with E-state index in [-0.39, 0.29) is 0 Å². The van der Waals surface area contributed by atoms with E-state index >= 15 is 0 Å². The summed E-state index contributed by atoms with van der Waals surface area (Å²) in [5, 5.41) is 0. The molecule has 0 radical (unpaired) electrons. The molecule has 1 aliphatic heterocycles. The third kappa shape index (κ3) is 3.34. The predicted molar refractivity (Wildman–Crippen MR) is 97.8 cm³/mol. The molecule has 0 aromatic heterocycles. The van der Waals surface area contributed by atoms with Crippen LogP contribution in [0.5, 0.6) is 11.5 Å². The number of nitrogens with two attached hydrogens (primary N) is 1. The number of benzene rings is 2. The molecule has 24 heavy (non-hydrogen) atoms. The van der Waals surface area contributed by atoms with Crippen LogP contribution >= 0.6 is 0 Å². The molecule has 0 amide bonds. The zero-order valence-corrected chi connectivity index (χ0v) is 14.7. The molecule has 1 heterocycles. The summed E-state index contributed by atoms with van der Waals surface area (Å²) in [6, 6.07) is 12.8. The summed E-state index contributed by atoms with van der Waals surface area (Å²) in [4.78, 5) is 2.53. The van der Waals surface area contributed by atoms with E-state index in [9.17, 15) is 0 Å². The Morgan fingerprint density at radius 2 is 1.88 bits per heavy atom. The third-order valence-corrected chi connectivity index (χ3v) is 4.95. The molecule has 0 spiro atoms. The number of nitrogen functional groups attached to an aromatic ring is 1. The number of rotatable bonds is 5. The second kappa shape index (κ2) is 7.14. The molecule has 1 unspecified atom stereocenters. The molecule has 1 atom stereocenters. The van der Waals surface area contributed by atoms with E-state index in [2.05, 4.69) is 36.1 Å². The van der Waals surface area contributed by atoms with E-state index in [4.69, 9.17) is 15.2 Å². The number of anilines is 1. The van der Waals surface area contributed by atoms with Crippen LogP contribution in [0.3, 0.4) is 0 Å². The highest BCUT2D eigenvalue weighted by molar-refractivity contribution is 5.49. The van der Waals surface area contributed by atoms with Gasteiger partial charge in [-0.3, -0.25) is 4.90 Å². The van der Waals surface area contributed by atoms with Crippen molar-refractivity contribution in [3.05, 3.63) is 53.1 Å². The molecular weight excluding hydrogens is 300 g/mol. The maximum absolute atomic E-state index is 5.88. The molecule has 4 nitrogen and oxygen atoms in total. The second-order valence-electron chi connectivity index (χ2n) is 6.36. The van der Waals surface area contributed by atoms with Gasteiger partial charge in [-0.05, 0) is 60.7 Å². The van der Waals surface area contributed by atoms with Gasteiger partial charge in [0.05, 0.1) is 14.2 Å². The van der Waals surface area contributed by atoms with Crippen LogP contribution in [-0.4, -0.2) is 32.2 Å². The lowest BCUT2D eigenvalue weighted by molar-refractivity contribution is 0.200. The van der Waals surface area contributed by atoms with Crippen molar-refractivity contribution in [1.29, 1.82) is 0 Å². The van der Waals surface area contributed by atoms with E-state index in [1.165, 1.54) is 16.7 Å². The smallest absolute Gasteiger partial charge is 0.161 e. The molecule has 1 aliphatic rings. The Kier molecular flexibility index (Phi) is 4.95. The Hall–Kier alpha value is -2.20. The monoisotopic (exact) mass is 326 g/mol. The minimum Gasteiger partial charge on any atom is -0.493 e. The van der Waals surface area contributed by atoms with Gasteiger partial charge in [-0.15, -0.1) is 0 Å². The lowest BCUT2D eigenvalue weighted by Crippen LogP contribution is -2.35. The van der Waals surface area contributed by atoms with Crippen molar-refractivity contribution < 1.29 is 9.47 Å². The summed E-state index contributed by atoms with van der Waals surface area (Å²) in [7, 11) is 3.38. The first-order valence-corrected chi connectivity index (χ1v) is 8.45. The summed E-state index contributed by atoms with van der Waals surface area (Å²) >= 11 is 0. The van der Waals surface area contributed by atoms with Gasteiger partial charge in [0, 0.05) is 24.8 Å².